The van der Waals surface area contributed by atoms with E-state index >= 15 is 0 Å². The third-order valence-corrected chi connectivity index (χ3v) is 5.65. The number of nitrogens with zero attached hydrogens (tertiary/aromatic N) is 1. The molecule has 2 atom stereocenters. The number of hydrogen-bond acceptors (Lipinski definition) is 3. The summed E-state index contributed by atoms with van der Waals surface area (Å²) in [5.41, 5.74) is 2.40. The summed E-state index contributed by atoms with van der Waals surface area (Å²) in [7, 11) is 0. The zero-order chi connectivity index (χ0) is 21.0. The summed E-state index contributed by atoms with van der Waals surface area (Å²) in [6.45, 7) is 3.94. The van der Waals surface area contributed by atoms with Gasteiger partial charge in [0.1, 0.15) is 0 Å². The first kappa shape index (κ1) is 20.9. The molecule has 29 heavy (non-hydrogen) atoms. The maximum Gasteiger partial charge on any atom is 0.243 e. The van der Waals surface area contributed by atoms with Crippen molar-refractivity contribution in [2.45, 2.75) is 26.3 Å². The molecular weight excluding hydrogens is 390 g/mol. The Bertz CT molecular complexity index is 917. The average molecular weight is 414 g/mol. The summed E-state index contributed by atoms with van der Waals surface area (Å²) in [5, 5.41) is 5.93. The molecule has 1 saturated heterocycles. The molecule has 0 radical (unpaired) electrons. The molecule has 152 valence electrons. The number of anilines is 1. The third-order valence-electron chi connectivity index (χ3n) is 5.24. The Balaban J connectivity index is 1.53. The van der Waals surface area contributed by atoms with E-state index in [1.807, 2.05) is 44.2 Å². The Hall–Kier alpha value is -2.86. The minimum Gasteiger partial charge on any atom is -0.347 e. The van der Waals surface area contributed by atoms with E-state index in [2.05, 4.69) is 10.6 Å². The van der Waals surface area contributed by atoms with Crippen LogP contribution in [0.4, 0.5) is 5.69 Å². The van der Waals surface area contributed by atoms with Crippen molar-refractivity contribution in [1.82, 2.24) is 10.2 Å². The van der Waals surface area contributed by atoms with Gasteiger partial charge < -0.3 is 15.5 Å². The van der Waals surface area contributed by atoms with E-state index in [1.165, 1.54) is 0 Å². The molecule has 1 heterocycles. The zero-order valence-corrected chi connectivity index (χ0v) is 17.2. The predicted molar refractivity (Wildman–Crippen MR) is 113 cm³/mol. The van der Waals surface area contributed by atoms with Crippen LogP contribution in [-0.2, 0) is 14.4 Å². The first-order valence-electron chi connectivity index (χ1n) is 9.54. The van der Waals surface area contributed by atoms with Crippen molar-refractivity contribution >= 4 is 35.0 Å². The molecule has 0 bridgehead atoms. The van der Waals surface area contributed by atoms with Crippen LogP contribution in [-0.4, -0.2) is 35.7 Å². The fraction of sp³-hybridized carbons (Fsp3) is 0.318. The molecule has 7 heteroatoms. The summed E-state index contributed by atoms with van der Waals surface area (Å²) in [6.07, 6.45) is 0.151. The van der Waals surface area contributed by atoms with Crippen molar-refractivity contribution in [3.63, 3.8) is 0 Å². The molecule has 0 aliphatic carbocycles. The van der Waals surface area contributed by atoms with Gasteiger partial charge in [-0.2, -0.15) is 0 Å². The maximum absolute atomic E-state index is 12.5. The van der Waals surface area contributed by atoms with Gasteiger partial charge in [0.25, 0.3) is 0 Å². The van der Waals surface area contributed by atoms with Gasteiger partial charge in [0.15, 0.2) is 0 Å². The van der Waals surface area contributed by atoms with Crippen LogP contribution < -0.4 is 10.6 Å². The quantitative estimate of drug-likeness (QED) is 0.762. The summed E-state index contributed by atoms with van der Waals surface area (Å²) in [4.78, 5) is 38.8. The van der Waals surface area contributed by atoms with E-state index in [4.69, 9.17) is 11.6 Å². The lowest BCUT2D eigenvalue weighted by Gasteiger charge is -2.25. The zero-order valence-electron chi connectivity index (χ0n) is 16.4. The molecule has 2 N–H and O–H groups in total. The minimum absolute atomic E-state index is 0.0551. The normalized spacial score (nSPS) is 17.1. The van der Waals surface area contributed by atoms with Crippen molar-refractivity contribution in [1.29, 1.82) is 0 Å². The van der Waals surface area contributed by atoms with Crippen molar-refractivity contribution in [3.8, 4) is 0 Å². The number of hydrogen-bond donors (Lipinski definition) is 2. The van der Waals surface area contributed by atoms with E-state index in [-0.39, 0.29) is 36.7 Å². The number of rotatable bonds is 6. The number of carbonyl (C=O) groups is 3. The SMILES string of the molecule is Cc1c(Cl)cccc1NC(=O)CNC(=O)[C@H]1CC(=O)N([C@H](C)c2ccccc2)C1. The van der Waals surface area contributed by atoms with Gasteiger partial charge in [-0.3, -0.25) is 14.4 Å². The average Bonchev–Trinajstić information content (AvgIpc) is 3.11. The third kappa shape index (κ3) is 4.95. The Kier molecular flexibility index (Phi) is 6.54. The second kappa shape index (κ2) is 9.09. The van der Waals surface area contributed by atoms with E-state index in [0.29, 0.717) is 17.3 Å². The van der Waals surface area contributed by atoms with Crippen LogP contribution in [0, 0.1) is 12.8 Å². The predicted octanol–water partition coefficient (Wildman–Crippen LogP) is 3.31. The van der Waals surface area contributed by atoms with Crippen LogP contribution in [0.25, 0.3) is 0 Å². The molecular formula is C22H24ClN3O3. The Morgan fingerprint density at radius 2 is 1.90 bits per heavy atom. The lowest BCUT2D eigenvalue weighted by atomic mass is 10.1. The van der Waals surface area contributed by atoms with Crippen LogP contribution in [0.3, 0.4) is 0 Å². The number of benzene rings is 2. The van der Waals surface area contributed by atoms with Crippen molar-refractivity contribution in [2.75, 3.05) is 18.4 Å². The maximum atomic E-state index is 12.5. The summed E-state index contributed by atoms with van der Waals surface area (Å²) >= 11 is 6.05. The minimum atomic E-state index is -0.464. The van der Waals surface area contributed by atoms with Gasteiger partial charge in [-0.25, -0.2) is 0 Å². The monoisotopic (exact) mass is 413 g/mol. The van der Waals surface area contributed by atoms with Gasteiger partial charge in [0.2, 0.25) is 17.7 Å². The van der Waals surface area contributed by atoms with E-state index in [9.17, 15) is 14.4 Å². The standard InChI is InChI=1S/C22H24ClN3O3/c1-14-18(23)9-6-10-19(14)25-20(27)12-24-22(29)17-11-21(28)26(13-17)15(2)16-7-4-3-5-8-16/h3-10,15,17H,11-13H2,1-2H3,(H,24,29)(H,25,27)/t15-,17+/m1/s1. The highest BCUT2D eigenvalue weighted by atomic mass is 35.5. The number of halogens is 1. The first-order valence-corrected chi connectivity index (χ1v) is 9.91. The van der Waals surface area contributed by atoms with Gasteiger partial charge in [-0.1, -0.05) is 48.0 Å². The van der Waals surface area contributed by atoms with E-state index in [0.717, 1.165) is 11.1 Å². The molecule has 0 aromatic heterocycles. The Morgan fingerprint density at radius 1 is 1.17 bits per heavy atom. The molecule has 1 fully saturated rings. The second-order valence-corrected chi connectivity index (χ2v) is 7.62. The molecule has 0 saturated carbocycles. The molecule has 6 nitrogen and oxygen atoms in total. The Labute approximate surface area is 175 Å². The van der Waals surface area contributed by atoms with Crippen LogP contribution in [0.1, 0.15) is 30.5 Å². The number of amides is 3. The Morgan fingerprint density at radius 3 is 2.62 bits per heavy atom. The van der Waals surface area contributed by atoms with Crippen LogP contribution in [0.2, 0.25) is 5.02 Å². The van der Waals surface area contributed by atoms with E-state index < -0.39 is 5.92 Å². The summed E-state index contributed by atoms with van der Waals surface area (Å²) in [6, 6.07) is 14.8. The molecule has 3 amide bonds. The van der Waals surface area contributed by atoms with Crippen LogP contribution in [0.5, 0.6) is 0 Å². The molecule has 1 aliphatic heterocycles. The highest BCUT2D eigenvalue weighted by Crippen LogP contribution is 2.28. The molecule has 0 unspecified atom stereocenters. The molecule has 0 spiro atoms. The number of carbonyl (C=O) groups excluding carboxylic acids is 3. The largest absolute Gasteiger partial charge is 0.347 e. The molecule has 2 aromatic carbocycles. The van der Waals surface area contributed by atoms with Gasteiger partial charge in [0, 0.05) is 23.7 Å². The topological polar surface area (TPSA) is 78.5 Å². The van der Waals surface area contributed by atoms with Gasteiger partial charge in [-0.15, -0.1) is 0 Å². The summed E-state index contributed by atoms with van der Waals surface area (Å²) < 4.78 is 0. The lowest BCUT2D eigenvalue weighted by Crippen LogP contribution is -2.38. The smallest absolute Gasteiger partial charge is 0.243 e. The fourth-order valence-electron chi connectivity index (χ4n) is 3.44. The van der Waals surface area contributed by atoms with Gasteiger partial charge >= 0.3 is 0 Å². The first-order chi connectivity index (χ1) is 13.9. The van der Waals surface area contributed by atoms with Crippen molar-refractivity contribution in [3.05, 3.63) is 64.7 Å². The molecule has 2 aromatic rings. The molecule has 3 rings (SSSR count). The number of likely N-dealkylation sites (tertiary alicyclic amines) is 1. The molecule has 1 aliphatic rings. The van der Waals surface area contributed by atoms with Crippen molar-refractivity contribution < 1.29 is 14.4 Å². The fourth-order valence-corrected chi connectivity index (χ4v) is 3.62. The van der Waals surface area contributed by atoms with Gasteiger partial charge in [0.05, 0.1) is 18.5 Å². The van der Waals surface area contributed by atoms with Crippen LogP contribution in [0.15, 0.2) is 48.5 Å². The van der Waals surface area contributed by atoms with Crippen molar-refractivity contribution in [2.24, 2.45) is 5.92 Å². The summed E-state index contributed by atoms with van der Waals surface area (Å²) in [5.74, 6) is -1.16. The number of nitrogens with one attached hydrogen (secondary N) is 2. The highest BCUT2D eigenvalue weighted by Gasteiger charge is 2.37. The van der Waals surface area contributed by atoms with Gasteiger partial charge in [-0.05, 0) is 37.1 Å². The van der Waals surface area contributed by atoms with E-state index in [1.54, 1.807) is 23.1 Å². The second-order valence-electron chi connectivity index (χ2n) is 7.21. The van der Waals surface area contributed by atoms with Crippen LogP contribution >= 0.6 is 11.6 Å². The lowest BCUT2D eigenvalue weighted by molar-refractivity contribution is -0.130. The highest BCUT2D eigenvalue weighted by molar-refractivity contribution is 6.31.